The van der Waals surface area contributed by atoms with Gasteiger partial charge in [-0.25, -0.2) is 4.79 Å². The molecule has 0 aliphatic rings. The van der Waals surface area contributed by atoms with Gasteiger partial charge in [-0.3, -0.25) is 19.2 Å². The van der Waals surface area contributed by atoms with Gasteiger partial charge in [0.25, 0.3) is 0 Å². The molecule has 11 nitrogen and oxygen atoms in total. The molecule has 4 unspecified atom stereocenters. The maximum absolute atomic E-state index is 12.6. The summed E-state index contributed by atoms with van der Waals surface area (Å²) in [6, 6.07) is 3.77. The van der Waals surface area contributed by atoms with Crippen molar-refractivity contribution >= 4 is 41.4 Å². The van der Waals surface area contributed by atoms with E-state index in [0.717, 1.165) is 0 Å². The fraction of sp³-hybridized carbons (Fsp3) is 0.476. The third-order valence-electron chi connectivity index (χ3n) is 4.63. The molecule has 3 amide bonds. The molecular weight excluding hydrogens is 452 g/mol. The van der Waals surface area contributed by atoms with Gasteiger partial charge in [0, 0.05) is 6.42 Å². The molecule has 0 saturated carbocycles. The minimum Gasteiger partial charge on any atom is -0.481 e. The average Bonchev–Trinajstić information content (AvgIpc) is 2.76. The van der Waals surface area contributed by atoms with E-state index in [2.05, 4.69) is 16.0 Å². The molecule has 0 aliphatic heterocycles. The van der Waals surface area contributed by atoms with Gasteiger partial charge in [-0.15, -0.1) is 0 Å². The van der Waals surface area contributed by atoms with E-state index in [4.69, 9.17) is 10.8 Å². The van der Waals surface area contributed by atoms with Crippen LogP contribution in [0.2, 0.25) is 0 Å². The summed E-state index contributed by atoms with van der Waals surface area (Å²) < 4.78 is 0. The number of amides is 3. The molecule has 1 rings (SSSR count). The molecule has 12 heteroatoms. The Bertz CT molecular complexity index is 837. The van der Waals surface area contributed by atoms with E-state index >= 15 is 0 Å². The van der Waals surface area contributed by atoms with Gasteiger partial charge in [0.2, 0.25) is 17.7 Å². The monoisotopic (exact) mass is 482 g/mol. The standard InChI is InChI=1S/C21H30N4O7S/c1-12(23-19(29)14(22)8-9-33-2)18(28)24-15(11-17(26)27)20(30)25-16(21(31)32)10-13-6-4-3-5-7-13/h3-7,12,14-16H,8-11,22H2,1-2H3,(H,23,29)(H,24,28)(H,25,30)(H,26,27)(H,31,32). The Morgan fingerprint density at radius 3 is 2.09 bits per heavy atom. The first-order valence-corrected chi connectivity index (χ1v) is 11.6. The fourth-order valence-corrected chi connectivity index (χ4v) is 3.25. The zero-order chi connectivity index (χ0) is 25.0. The second kappa shape index (κ2) is 14.1. The number of hydrogen-bond donors (Lipinski definition) is 6. The second-order valence-electron chi connectivity index (χ2n) is 7.37. The molecule has 4 atom stereocenters. The molecule has 0 radical (unpaired) electrons. The fourth-order valence-electron chi connectivity index (χ4n) is 2.76. The number of nitrogens with one attached hydrogen (secondary N) is 3. The summed E-state index contributed by atoms with van der Waals surface area (Å²) in [6.45, 7) is 1.36. The number of hydrogen-bond acceptors (Lipinski definition) is 7. The molecule has 7 N–H and O–H groups in total. The number of benzene rings is 1. The van der Waals surface area contributed by atoms with Crippen molar-refractivity contribution in [2.75, 3.05) is 12.0 Å². The molecule has 33 heavy (non-hydrogen) atoms. The van der Waals surface area contributed by atoms with E-state index < -0.39 is 60.2 Å². The highest BCUT2D eigenvalue weighted by Gasteiger charge is 2.30. The van der Waals surface area contributed by atoms with E-state index in [-0.39, 0.29) is 6.42 Å². The number of aliphatic carboxylic acids is 2. The Hall–Kier alpha value is -3.12. The third-order valence-corrected chi connectivity index (χ3v) is 5.27. The van der Waals surface area contributed by atoms with E-state index in [1.54, 1.807) is 30.3 Å². The molecular formula is C21H30N4O7S. The van der Waals surface area contributed by atoms with E-state index in [9.17, 15) is 29.1 Å². The lowest BCUT2D eigenvalue weighted by Gasteiger charge is -2.23. The molecule has 0 fully saturated rings. The van der Waals surface area contributed by atoms with E-state index in [1.165, 1.54) is 18.7 Å². The minimum atomic E-state index is -1.54. The van der Waals surface area contributed by atoms with Crippen LogP contribution in [0.5, 0.6) is 0 Å². The Morgan fingerprint density at radius 2 is 1.55 bits per heavy atom. The van der Waals surface area contributed by atoms with Crippen molar-refractivity contribution in [1.82, 2.24) is 16.0 Å². The number of carbonyl (C=O) groups excluding carboxylic acids is 3. The topological polar surface area (TPSA) is 188 Å². The van der Waals surface area contributed by atoms with Crippen molar-refractivity contribution in [3.05, 3.63) is 35.9 Å². The molecule has 0 bridgehead atoms. The normalized spacial score (nSPS) is 14.3. The summed E-state index contributed by atoms with van der Waals surface area (Å²) in [5, 5.41) is 25.5. The number of nitrogens with two attached hydrogens (primary N) is 1. The summed E-state index contributed by atoms with van der Waals surface area (Å²) in [5.41, 5.74) is 6.41. The predicted molar refractivity (Wildman–Crippen MR) is 122 cm³/mol. The Balaban J connectivity index is 2.81. The van der Waals surface area contributed by atoms with Crippen LogP contribution in [-0.4, -0.2) is 76.0 Å². The summed E-state index contributed by atoms with van der Waals surface area (Å²) in [5.74, 6) is -4.36. The predicted octanol–water partition coefficient (Wildman–Crippen LogP) is -0.657. The quantitative estimate of drug-likeness (QED) is 0.200. The van der Waals surface area contributed by atoms with Crippen LogP contribution in [-0.2, 0) is 30.4 Å². The van der Waals surface area contributed by atoms with Crippen LogP contribution in [0, 0.1) is 0 Å². The Morgan fingerprint density at radius 1 is 0.939 bits per heavy atom. The minimum absolute atomic E-state index is 0.0317. The van der Waals surface area contributed by atoms with Gasteiger partial charge in [-0.05, 0) is 30.9 Å². The van der Waals surface area contributed by atoms with Gasteiger partial charge < -0.3 is 31.9 Å². The largest absolute Gasteiger partial charge is 0.481 e. The summed E-state index contributed by atoms with van der Waals surface area (Å²) in [7, 11) is 0. The maximum Gasteiger partial charge on any atom is 0.326 e. The van der Waals surface area contributed by atoms with Crippen LogP contribution >= 0.6 is 11.8 Å². The van der Waals surface area contributed by atoms with Crippen LogP contribution in [0.25, 0.3) is 0 Å². The average molecular weight is 483 g/mol. The molecule has 182 valence electrons. The molecule has 1 aromatic rings. The highest BCUT2D eigenvalue weighted by Crippen LogP contribution is 2.05. The van der Waals surface area contributed by atoms with Crippen LogP contribution in [0.1, 0.15) is 25.3 Å². The Labute approximate surface area is 195 Å². The van der Waals surface area contributed by atoms with Gasteiger partial charge in [0.15, 0.2) is 0 Å². The van der Waals surface area contributed by atoms with Crippen molar-refractivity contribution in [2.45, 2.75) is 50.4 Å². The molecule has 0 aromatic heterocycles. The number of carboxylic acids is 2. The van der Waals surface area contributed by atoms with Crippen molar-refractivity contribution in [3.63, 3.8) is 0 Å². The summed E-state index contributed by atoms with van der Waals surface area (Å²) in [6.07, 6.45) is 1.46. The molecule has 0 heterocycles. The second-order valence-corrected chi connectivity index (χ2v) is 8.35. The van der Waals surface area contributed by atoms with Crippen LogP contribution in [0.15, 0.2) is 30.3 Å². The van der Waals surface area contributed by atoms with Crippen LogP contribution in [0.4, 0.5) is 0 Å². The number of rotatable bonds is 14. The van der Waals surface area contributed by atoms with Gasteiger partial charge >= 0.3 is 11.9 Å². The van der Waals surface area contributed by atoms with E-state index in [0.29, 0.717) is 17.7 Å². The molecule has 0 spiro atoms. The SMILES string of the molecule is CSCCC(N)C(=O)NC(C)C(=O)NC(CC(=O)O)C(=O)NC(Cc1ccccc1)C(=O)O. The van der Waals surface area contributed by atoms with Gasteiger partial charge in [0.1, 0.15) is 18.1 Å². The maximum atomic E-state index is 12.6. The lowest BCUT2D eigenvalue weighted by Crippen LogP contribution is -2.57. The highest BCUT2D eigenvalue weighted by molar-refractivity contribution is 7.98. The molecule has 0 saturated heterocycles. The number of thioether (sulfide) groups is 1. The van der Waals surface area contributed by atoms with E-state index in [1.807, 2.05) is 6.26 Å². The first-order valence-electron chi connectivity index (χ1n) is 10.2. The Kier molecular flexibility index (Phi) is 11.9. The smallest absolute Gasteiger partial charge is 0.326 e. The van der Waals surface area contributed by atoms with Crippen molar-refractivity contribution < 1.29 is 34.2 Å². The van der Waals surface area contributed by atoms with Crippen LogP contribution < -0.4 is 21.7 Å². The van der Waals surface area contributed by atoms with Crippen molar-refractivity contribution in [3.8, 4) is 0 Å². The zero-order valence-corrected chi connectivity index (χ0v) is 19.3. The lowest BCUT2D eigenvalue weighted by atomic mass is 10.0. The zero-order valence-electron chi connectivity index (χ0n) is 18.4. The van der Waals surface area contributed by atoms with Crippen molar-refractivity contribution in [1.29, 1.82) is 0 Å². The van der Waals surface area contributed by atoms with Gasteiger partial charge in [-0.2, -0.15) is 11.8 Å². The molecule has 0 aliphatic carbocycles. The third kappa shape index (κ3) is 10.4. The van der Waals surface area contributed by atoms with Gasteiger partial charge in [-0.1, -0.05) is 30.3 Å². The van der Waals surface area contributed by atoms with Gasteiger partial charge in [0.05, 0.1) is 12.5 Å². The van der Waals surface area contributed by atoms with Crippen LogP contribution in [0.3, 0.4) is 0 Å². The summed E-state index contributed by atoms with van der Waals surface area (Å²) in [4.78, 5) is 60.0. The molecule has 1 aromatic carbocycles. The van der Waals surface area contributed by atoms with Crippen molar-refractivity contribution in [2.24, 2.45) is 5.73 Å². The highest BCUT2D eigenvalue weighted by atomic mass is 32.2. The summed E-state index contributed by atoms with van der Waals surface area (Å²) >= 11 is 1.52. The first kappa shape index (κ1) is 27.9. The number of carbonyl (C=O) groups is 5. The number of carboxylic acid groups (broad SMARTS) is 2. The lowest BCUT2D eigenvalue weighted by molar-refractivity contribution is -0.143. The first-order chi connectivity index (χ1) is 15.5.